The van der Waals surface area contributed by atoms with Crippen LogP contribution in [0.25, 0.3) is 0 Å². The van der Waals surface area contributed by atoms with E-state index >= 15 is 0 Å². The number of amides is 1. The highest BCUT2D eigenvalue weighted by Crippen LogP contribution is 2.43. The fourth-order valence-corrected chi connectivity index (χ4v) is 3.66. The van der Waals surface area contributed by atoms with E-state index in [9.17, 15) is 14.7 Å². The van der Waals surface area contributed by atoms with E-state index in [1.165, 1.54) is 12.0 Å². The monoisotopic (exact) mass is 409 g/mol. The van der Waals surface area contributed by atoms with Crippen molar-refractivity contribution in [3.63, 3.8) is 0 Å². The van der Waals surface area contributed by atoms with Crippen LogP contribution in [0.15, 0.2) is 53.8 Å². The van der Waals surface area contributed by atoms with Gasteiger partial charge in [-0.25, -0.2) is 0 Å². The molecule has 1 atom stereocenters. The number of carbonyl (C=O) groups excluding carboxylic acids is 2. The number of anilines is 1. The number of aryl methyl sites for hydroxylation is 1. The van der Waals surface area contributed by atoms with Crippen molar-refractivity contribution in [3.8, 4) is 11.5 Å². The quantitative estimate of drug-likeness (QED) is 0.727. The maximum atomic E-state index is 13.1. The molecule has 1 heterocycles. The number of hydrogen-bond donors (Lipinski definition) is 1. The van der Waals surface area contributed by atoms with E-state index in [0.29, 0.717) is 29.4 Å². The van der Waals surface area contributed by atoms with Gasteiger partial charge in [0.05, 0.1) is 25.3 Å². The summed E-state index contributed by atoms with van der Waals surface area (Å²) in [5.41, 5.74) is 2.32. The zero-order valence-electron chi connectivity index (χ0n) is 17.9. The second kappa shape index (κ2) is 8.61. The number of benzene rings is 2. The Morgan fingerprint density at radius 2 is 1.90 bits per heavy atom. The standard InChI is InChI=1S/C24H27NO5/c1-6-30-18-11-10-16(13-19(18)29-5)21-20(22(26)14(2)3)23(27)24(28)25(21)17-9-7-8-15(4)12-17/h7-14,21,27H,6H2,1-5H3. The number of hydrogen-bond acceptors (Lipinski definition) is 5. The number of carbonyl (C=O) groups is 2. The first-order chi connectivity index (χ1) is 14.3. The lowest BCUT2D eigenvalue weighted by Crippen LogP contribution is -2.31. The molecule has 1 N–H and O–H groups in total. The topological polar surface area (TPSA) is 76.1 Å². The Kier molecular flexibility index (Phi) is 6.15. The molecule has 0 bridgehead atoms. The summed E-state index contributed by atoms with van der Waals surface area (Å²) in [5.74, 6) is -0.683. The van der Waals surface area contributed by atoms with Gasteiger partial charge in [0.25, 0.3) is 5.91 Å². The van der Waals surface area contributed by atoms with Crippen molar-refractivity contribution < 1.29 is 24.2 Å². The molecule has 1 unspecified atom stereocenters. The van der Waals surface area contributed by atoms with Gasteiger partial charge in [-0.3, -0.25) is 14.5 Å². The third-order valence-electron chi connectivity index (χ3n) is 5.08. The van der Waals surface area contributed by atoms with Crippen molar-refractivity contribution in [2.75, 3.05) is 18.6 Å². The zero-order chi connectivity index (χ0) is 22.0. The van der Waals surface area contributed by atoms with Crippen molar-refractivity contribution >= 4 is 17.4 Å². The molecule has 2 aromatic carbocycles. The molecule has 158 valence electrons. The molecule has 0 spiro atoms. The first kappa shape index (κ1) is 21.4. The summed E-state index contributed by atoms with van der Waals surface area (Å²) in [5, 5.41) is 10.7. The number of ether oxygens (including phenoxy) is 2. The average molecular weight is 409 g/mol. The highest BCUT2D eigenvalue weighted by atomic mass is 16.5. The molecule has 1 aliphatic heterocycles. The normalized spacial score (nSPS) is 16.4. The summed E-state index contributed by atoms with van der Waals surface area (Å²) in [7, 11) is 1.53. The molecule has 1 amide bonds. The minimum Gasteiger partial charge on any atom is -0.503 e. The van der Waals surface area contributed by atoms with Crippen LogP contribution in [0.1, 0.15) is 37.9 Å². The summed E-state index contributed by atoms with van der Waals surface area (Å²) < 4.78 is 11.1. The van der Waals surface area contributed by atoms with Gasteiger partial charge in [-0.1, -0.05) is 32.0 Å². The molecule has 0 fully saturated rings. The van der Waals surface area contributed by atoms with Crippen LogP contribution in [0, 0.1) is 12.8 Å². The molecular weight excluding hydrogens is 382 g/mol. The van der Waals surface area contributed by atoms with Crippen LogP contribution in [0.4, 0.5) is 5.69 Å². The van der Waals surface area contributed by atoms with Crippen molar-refractivity contribution in [2.45, 2.75) is 33.7 Å². The van der Waals surface area contributed by atoms with Gasteiger partial charge in [0, 0.05) is 11.6 Å². The van der Waals surface area contributed by atoms with E-state index in [2.05, 4.69) is 0 Å². The Morgan fingerprint density at radius 3 is 2.50 bits per heavy atom. The Bertz CT molecular complexity index is 1010. The van der Waals surface area contributed by atoms with Gasteiger partial charge in [0.15, 0.2) is 23.0 Å². The molecule has 0 saturated heterocycles. The minimum atomic E-state index is -0.765. The molecule has 6 heteroatoms. The third kappa shape index (κ3) is 3.77. The number of aliphatic hydroxyl groups is 1. The van der Waals surface area contributed by atoms with Gasteiger partial charge in [-0.2, -0.15) is 0 Å². The number of aliphatic hydroxyl groups excluding tert-OH is 1. The van der Waals surface area contributed by atoms with Gasteiger partial charge in [0.1, 0.15) is 0 Å². The lowest BCUT2D eigenvalue weighted by atomic mass is 9.91. The smallest absolute Gasteiger partial charge is 0.294 e. The van der Waals surface area contributed by atoms with Crippen LogP contribution in [-0.2, 0) is 9.59 Å². The Morgan fingerprint density at radius 1 is 1.17 bits per heavy atom. The maximum Gasteiger partial charge on any atom is 0.294 e. The number of Topliss-reactive ketones (excluding diaryl/α,β-unsaturated/α-hetero) is 1. The van der Waals surface area contributed by atoms with Crippen LogP contribution >= 0.6 is 0 Å². The Balaban J connectivity index is 2.20. The van der Waals surface area contributed by atoms with Crippen molar-refractivity contribution in [1.29, 1.82) is 0 Å². The molecule has 0 aliphatic carbocycles. The Hall–Kier alpha value is -3.28. The van der Waals surface area contributed by atoms with E-state index < -0.39 is 17.7 Å². The molecule has 0 radical (unpaired) electrons. The van der Waals surface area contributed by atoms with Crippen LogP contribution < -0.4 is 14.4 Å². The van der Waals surface area contributed by atoms with E-state index in [1.54, 1.807) is 38.1 Å². The summed E-state index contributed by atoms with van der Waals surface area (Å²) in [6, 6.07) is 11.9. The predicted molar refractivity (Wildman–Crippen MR) is 115 cm³/mol. The number of rotatable bonds is 7. The van der Waals surface area contributed by atoms with Gasteiger partial charge in [0.2, 0.25) is 0 Å². The summed E-state index contributed by atoms with van der Waals surface area (Å²) >= 11 is 0. The first-order valence-electron chi connectivity index (χ1n) is 9.98. The van der Waals surface area contributed by atoms with Gasteiger partial charge in [-0.15, -0.1) is 0 Å². The van der Waals surface area contributed by atoms with Gasteiger partial charge >= 0.3 is 0 Å². The lowest BCUT2D eigenvalue weighted by Gasteiger charge is -2.28. The minimum absolute atomic E-state index is 0.0997. The van der Waals surface area contributed by atoms with Crippen LogP contribution in [0.2, 0.25) is 0 Å². The molecule has 0 aromatic heterocycles. The van der Waals surface area contributed by atoms with E-state index in [-0.39, 0.29) is 17.3 Å². The highest BCUT2D eigenvalue weighted by molar-refractivity contribution is 6.16. The number of nitrogens with zero attached hydrogens (tertiary/aromatic N) is 1. The number of methoxy groups -OCH3 is 1. The fraction of sp³-hybridized carbons (Fsp3) is 0.333. The second-order valence-electron chi connectivity index (χ2n) is 7.54. The summed E-state index contributed by atoms with van der Waals surface area (Å²) in [6.07, 6.45) is 0. The average Bonchev–Trinajstić information content (AvgIpc) is 2.98. The molecule has 6 nitrogen and oxygen atoms in total. The van der Waals surface area contributed by atoms with E-state index in [0.717, 1.165) is 5.56 Å². The molecule has 3 rings (SSSR count). The highest BCUT2D eigenvalue weighted by Gasteiger charge is 2.45. The van der Waals surface area contributed by atoms with Crippen LogP contribution in [-0.4, -0.2) is 30.5 Å². The van der Waals surface area contributed by atoms with Crippen LogP contribution in [0.5, 0.6) is 11.5 Å². The largest absolute Gasteiger partial charge is 0.503 e. The fourth-order valence-electron chi connectivity index (χ4n) is 3.66. The number of ketones is 1. The third-order valence-corrected chi connectivity index (χ3v) is 5.08. The summed E-state index contributed by atoms with van der Waals surface area (Å²) in [4.78, 5) is 27.5. The molecule has 1 aliphatic rings. The molecule has 0 saturated carbocycles. The van der Waals surface area contributed by atoms with Crippen LogP contribution in [0.3, 0.4) is 0 Å². The van der Waals surface area contributed by atoms with E-state index in [1.807, 2.05) is 32.0 Å². The second-order valence-corrected chi connectivity index (χ2v) is 7.54. The van der Waals surface area contributed by atoms with Gasteiger partial charge < -0.3 is 14.6 Å². The van der Waals surface area contributed by atoms with Crippen molar-refractivity contribution in [2.24, 2.45) is 5.92 Å². The SMILES string of the molecule is CCOc1ccc(C2C(C(=O)C(C)C)=C(O)C(=O)N2c2cccc(C)c2)cc1OC. The molecule has 2 aromatic rings. The maximum absolute atomic E-state index is 13.1. The van der Waals surface area contributed by atoms with Gasteiger partial charge in [-0.05, 0) is 49.2 Å². The lowest BCUT2D eigenvalue weighted by molar-refractivity contribution is -0.119. The Labute approximate surface area is 176 Å². The first-order valence-corrected chi connectivity index (χ1v) is 9.98. The van der Waals surface area contributed by atoms with Crippen molar-refractivity contribution in [3.05, 3.63) is 64.9 Å². The predicted octanol–water partition coefficient (Wildman–Crippen LogP) is 4.53. The zero-order valence-corrected chi connectivity index (χ0v) is 17.9. The van der Waals surface area contributed by atoms with Crippen molar-refractivity contribution in [1.82, 2.24) is 0 Å². The van der Waals surface area contributed by atoms with E-state index in [4.69, 9.17) is 9.47 Å². The summed E-state index contributed by atoms with van der Waals surface area (Å²) in [6.45, 7) is 7.77. The molecule has 30 heavy (non-hydrogen) atoms. The molecular formula is C24H27NO5.